The average Bonchev–Trinajstić information content (AvgIpc) is 2.99. The third-order valence-corrected chi connectivity index (χ3v) is 4.37. The van der Waals surface area contributed by atoms with Crippen molar-refractivity contribution in [1.29, 1.82) is 0 Å². The second-order valence-electron chi connectivity index (χ2n) is 7.74. The van der Waals surface area contributed by atoms with Crippen LogP contribution in [-0.2, 0) is 4.74 Å². The first-order chi connectivity index (χ1) is 11.9. The zero-order chi connectivity index (χ0) is 18.4. The van der Waals surface area contributed by atoms with Crippen molar-refractivity contribution in [1.82, 2.24) is 9.88 Å². The van der Waals surface area contributed by atoms with E-state index < -0.39 is 5.60 Å². The number of carbonyl (C=O) groups excluding carboxylic acids is 1. The molecule has 1 aliphatic heterocycles. The SMILES string of the molecule is CCCN(C(=O)OC(C)(C)C)c1ncccc1[C@@H]1CCCN1CCC. The first-order valence-corrected chi connectivity index (χ1v) is 9.56. The highest BCUT2D eigenvalue weighted by molar-refractivity contribution is 5.87. The monoisotopic (exact) mass is 347 g/mol. The molecule has 5 heteroatoms. The Kier molecular flexibility index (Phi) is 6.82. The van der Waals surface area contributed by atoms with Crippen molar-refractivity contribution in [2.45, 2.75) is 71.9 Å². The maximum absolute atomic E-state index is 12.8. The van der Waals surface area contributed by atoms with Gasteiger partial charge in [-0.05, 0) is 65.6 Å². The maximum atomic E-state index is 12.8. The van der Waals surface area contributed by atoms with Crippen molar-refractivity contribution in [2.24, 2.45) is 0 Å². The second kappa shape index (κ2) is 8.65. The molecule has 0 unspecified atom stereocenters. The highest BCUT2D eigenvalue weighted by Gasteiger charge is 2.31. The van der Waals surface area contributed by atoms with E-state index in [-0.39, 0.29) is 6.09 Å². The molecule has 1 aromatic rings. The first-order valence-electron chi connectivity index (χ1n) is 9.56. The fourth-order valence-corrected chi connectivity index (χ4v) is 3.45. The van der Waals surface area contributed by atoms with Crippen LogP contribution in [0.1, 0.15) is 71.9 Å². The quantitative estimate of drug-likeness (QED) is 0.743. The van der Waals surface area contributed by atoms with Crippen molar-refractivity contribution < 1.29 is 9.53 Å². The predicted octanol–water partition coefficient (Wildman–Crippen LogP) is 4.78. The molecule has 0 aromatic carbocycles. The lowest BCUT2D eigenvalue weighted by atomic mass is 10.0. The number of likely N-dealkylation sites (tertiary alicyclic amines) is 1. The van der Waals surface area contributed by atoms with Gasteiger partial charge in [-0.2, -0.15) is 0 Å². The van der Waals surface area contributed by atoms with Crippen molar-refractivity contribution >= 4 is 11.9 Å². The lowest BCUT2D eigenvalue weighted by Gasteiger charge is -2.31. The van der Waals surface area contributed by atoms with E-state index in [4.69, 9.17) is 4.74 Å². The van der Waals surface area contributed by atoms with Gasteiger partial charge < -0.3 is 4.74 Å². The summed E-state index contributed by atoms with van der Waals surface area (Å²) in [7, 11) is 0. The smallest absolute Gasteiger partial charge is 0.416 e. The van der Waals surface area contributed by atoms with E-state index in [1.807, 2.05) is 26.8 Å². The molecule has 0 radical (unpaired) electrons. The molecule has 0 N–H and O–H groups in total. The molecule has 1 saturated heterocycles. The Morgan fingerprint density at radius 1 is 1.36 bits per heavy atom. The standard InChI is InChI=1S/C20H33N3O2/c1-6-13-22-15-9-11-17(22)16-10-8-12-21-18(16)23(14-7-2)19(24)25-20(3,4)5/h8,10,12,17H,6-7,9,11,13-15H2,1-5H3/t17-/m0/s1. The van der Waals surface area contributed by atoms with E-state index >= 15 is 0 Å². The summed E-state index contributed by atoms with van der Waals surface area (Å²) in [6.45, 7) is 12.8. The molecule has 1 aliphatic rings. The van der Waals surface area contributed by atoms with E-state index in [0.29, 0.717) is 12.6 Å². The number of anilines is 1. The molecule has 1 amide bonds. The summed E-state index contributed by atoms with van der Waals surface area (Å²) in [5, 5.41) is 0. The molecule has 0 aliphatic carbocycles. The van der Waals surface area contributed by atoms with E-state index in [1.165, 1.54) is 6.42 Å². The topological polar surface area (TPSA) is 45.7 Å². The Morgan fingerprint density at radius 2 is 2.12 bits per heavy atom. The van der Waals surface area contributed by atoms with Gasteiger partial charge in [-0.1, -0.05) is 19.9 Å². The zero-order valence-electron chi connectivity index (χ0n) is 16.4. The molecule has 2 heterocycles. The summed E-state index contributed by atoms with van der Waals surface area (Å²) in [5.74, 6) is 0.756. The minimum absolute atomic E-state index is 0.311. The van der Waals surface area contributed by atoms with Gasteiger partial charge >= 0.3 is 6.09 Å². The summed E-state index contributed by atoms with van der Waals surface area (Å²) >= 11 is 0. The fourth-order valence-electron chi connectivity index (χ4n) is 3.45. The molecule has 0 bridgehead atoms. The van der Waals surface area contributed by atoms with Crippen molar-refractivity contribution in [3.63, 3.8) is 0 Å². The van der Waals surface area contributed by atoms with Gasteiger partial charge in [-0.3, -0.25) is 9.80 Å². The van der Waals surface area contributed by atoms with Gasteiger partial charge in [-0.25, -0.2) is 9.78 Å². The molecule has 2 rings (SSSR count). The Balaban J connectivity index is 2.34. The third-order valence-electron chi connectivity index (χ3n) is 4.37. The van der Waals surface area contributed by atoms with E-state index in [2.05, 4.69) is 29.8 Å². The van der Waals surface area contributed by atoms with E-state index in [9.17, 15) is 4.79 Å². The lowest BCUT2D eigenvalue weighted by molar-refractivity contribution is 0.0578. The number of carbonyl (C=O) groups is 1. The number of hydrogen-bond donors (Lipinski definition) is 0. The van der Waals surface area contributed by atoms with Crippen LogP contribution in [0, 0.1) is 0 Å². The Bertz CT molecular complexity index is 568. The van der Waals surface area contributed by atoms with Crippen LogP contribution in [0.2, 0.25) is 0 Å². The van der Waals surface area contributed by atoms with Crippen LogP contribution in [-0.4, -0.2) is 41.2 Å². The van der Waals surface area contributed by atoms with Crippen LogP contribution in [0.5, 0.6) is 0 Å². The second-order valence-corrected chi connectivity index (χ2v) is 7.74. The zero-order valence-corrected chi connectivity index (χ0v) is 16.4. The number of ether oxygens (including phenoxy) is 1. The number of hydrogen-bond acceptors (Lipinski definition) is 4. The molecule has 1 aromatic heterocycles. The van der Waals surface area contributed by atoms with Gasteiger partial charge in [0, 0.05) is 24.3 Å². The predicted molar refractivity (Wildman–Crippen MR) is 102 cm³/mol. The normalized spacial score (nSPS) is 18.4. The molecular formula is C20H33N3O2. The van der Waals surface area contributed by atoms with Crippen LogP contribution >= 0.6 is 0 Å². The third kappa shape index (κ3) is 5.18. The summed E-state index contributed by atoms with van der Waals surface area (Å²) in [4.78, 5) is 21.6. The highest BCUT2D eigenvalue weighted by atomic mass is 16.6. The van der Waals surface area contributed by atoms with E-state index in [0.717, 1.165) is 43.7 Å². The van der Waals surface area contributed by atoms with Crippen LogP contribution in [0.3, 0.4) is 0 Å². The number of aromatic nitrogens is 1. The maximum Gasteiger partial charge on any atom is 0.416 e. The van der Waals surface area contributed by atoms with Crippen molar-refractivity contribution in [3.8, 4) is 0 Å². The van der Waals surface area contributed by atoms with Gasteiger partial charge in [0.2, 0.25) is 0 Å². The number of pyridine rings is 1. The summed E-state index contributed by atoms with van der Waals surface area (Å²) < 4.78 is 5.63. The number of rotatable bonds is 6. The molecule has 1 atom stereocenters. The molecule has 5 nitrogen and oxygen atoms in total. The van der Waals surface area contributed by atoms with Gasteiger partial charge in [0.15, 0.2) is 0 Å². The van der Waals surface area contributed by atoms with Gasteiger partial charge in [-0.15, -0.1) is 0 Å². The highest BCUT2D eigenvalue weighted by Crippen LogP contribution is 2.36. The summed E-state index contributed by atoms with van der Waals surface area (Å²) in [6.07, 6.45) is 5.77. The Hall–Kier alpha value is -1.62. The lowest BCUT2D eigenvalue weighted by Crippen LogP contribution is -2.39. The van der Waals surface area contributed by atoms with Crippen LogP contribution in [0.25, 0.3) is 0 Å². The van der Waals surface area contributed by atoms with Crippen molar-refractivity contribution in [2.75, 3.05) is 24.5 Å². The summed E-state index contributed by atoms with van der Waals surface area (Å²) in [6, 6.07) is 4.43. The largest absolute Gasteiger partial charge is 0.443 e. The minimum atomic E-state index is -0.514. The van der Waals surface area contributed by atoms with Crippen LogP contribution < -0.4 is 4.90 Å². The van der Waals surface area contributed by atoms with Gasteiger partial charge in [0.1, 0.15) is 11.4 Å². The van der Waals surface area contributed by atoms with E-state index in [1.54, 1.807) is 11.1 Å². The average molecular weight is 348 g/mol. The first kappa shape index (κ1) is 19.7. The van der Waals surface area contributed by atoms with Crippen LogP contribution in [0.15, 0.2) is 18.3 Å². The fraction of sp³-hybridized carbons (Fsp3) is 0.700. The minimum Gasteiger partial charge on any atom is -0.443 e. The van der Waals surface area contributed by atoms with Gasteiger partial charge in [0.05, 0.1) is 0 Å². The Labute approximate surface area is 152 Å². The molecule has 1 fully saturated rings. The number of nitrogens with zero attached hydrogens (tertiary/aromatic N) is 3. The molecular weight excluding hydrogens is 314 g/mol. The Morgan fingerprint density at radius 3 is 2.76 bits per heavy atom. The molecule has 140 valence electrons. The number of amides is 1. The van der Waals surface area contributed by atoms with Crippen LogP contribution in [0.4, 0.5) is 10.6 Å². The van der Waals surface area contributed by atoms with Gasteiger partial charge in [0.25, 0.3) is 0 Å². The summed E-state index contributed by atoms with van der Waals surface area (Å²) in [5.41, 5.74) is 0.632. The molecule has 25 heavy (non-hydrogen) atoms. The molecule has 0 saturated carbocycles. The molecule has 0 spiro atoms. The van der Waals surface area contributed by atoms with Crippen molar-refractivity contribution in [3.05, 3.63) is 23.9 Å².